The van der Waals surface area contributed by atoms with Gasteiger partial charge in [-0.1, -0.05) is 24.3 Å². The van der Waals surface area contributed by atoms with Crippen molar-refractivity contribution in [2.45, 2.75) is 6.42 Å². The fourth-order valence-electron chi connectivity index (χ4n) is 2.64. The maximum absolute atomic E-state index is 12.3. The molecule has 0 atom stereocenters. The molecule has 0 unspecified atom stereocenters. The van der Waals surface area contributed by atoms with Gasteiger partial charge in [-0.05, 0) is 66.1 Å². The minimum absolute atomic E-state index is 0.191. The first-order valence-corrected chi connectivity index (χ1v) is 8.00. The molecule has 0 saturated heterocycles. The summed E-state index contributed by atoms with van der Waals surface area (Å²) in [5, 5.41) is 5.63. The molecule has 0 bridgehead atoms. The SMILES string of the molecule is O=C(Nc1ccccc1)c1c[c]cc(NC(=O)c2ccc3c(c2)C3)c1. The molecule has 2 amide bonds. The molecule has 1 aliphatic carbocycles. The molecule has 121 valence electrons. The molecule has 0 aliphatic heterocycles. The largest absolute Gasteiger partial charge is 0.322 e. The van der Waals surface area contributed by atoms with Gasteiger partial charge in [0, 0.05) is 22.5 Å². The third kappa shape index (κ3) is 3.43. The number of carbonyl (C=O) groups is 2. The second-order valence-electron chi connectivity index (χ2n) is 5.94. The van der Waals surface area contributed by atoms with Crippen LogP contribution in [0.4, 0.5) is 11.4 Å². The van der Waals surface area contributed by atoms with E-state index in [2.05, 4.69) is 16.7 Å². The second kappa shape index (κ2) is 6.24. The Kier molecular flexibility index (Phi) is 3.78. The van der Waals surface area contributed by atoms with E-state index in [1.54, 1.807) is 18.2 Å². The summed E-state index contributed by atoms with van der Waals surface area (Å²) in [6.07, 6.45) is 0.968. The van der Waals surface area contributed by atoms with Crippen LogP contribution in [0.25, 0.3) is 0 Å². The van der Waals surface area contributed by atoms with Crippen LogP contribution in [0.1, 0.15) is 31.8 Å². The van der Waals surface area contributed by atoms with E-state index in [-0.39, 0.29) is 11.8 Å². The van der Waals surface area contributed by atoms with Crippen LogP contribution >= 0.6 is 0 Å². The summed E-state index contributed by atoms with van der Waals surface area (Å²) in [4.78, 5) is 24.7. The number of rotatable bonds is 4. The van der Waals surface area contributed by atoms with E-state index < -0.39 is 0 Å². The lowest BCUT2D eigenvalue weighted by atomic mass is 10.1. The van der Waals surface area contributed by atoms with Crippen molar-refractivity contribution in [3.8, 4) is 0 Å². The van der Waals surface area contributed by atoms with Crippen LogP contribution in [0.15, 0.2) is 66.7 Å². The number of anilines is 2. The van der Waals surface area contributed by atoms with Crippen molar-refractivity contribution < 1.29 is 9.59 Å². The highest BCUT2D eigenvalue weighted by molar-refractivity contribution is 6.07. The van der Waals surface area contributed by atoms with E-state index >= 15 is 0 Å². The van der Waals surface area contributed by atoms with Crippen LogP contribution in [0.3, 0.4) is 0 Å². The Balaban J connectivity index is 1.47. The number of amides is 2. The Morgan fingerprint density at radius 1 is 0.760 bits per heavy atom. The molecule has 1 aliphatic rings. The van der Waals surface area contributed by atoms with Crippen molar-refractivity contribution in [3.63, 3.8) is 0 Å². The Bertz CT molecular complexity index is 965. The van der Waals surface area contributed by atoms with Crippen molar-refractivity contribution in [1.29, 1.82) is 0 Å². The summed E-state index contributed by atoms with van der Waals surface area (Å²) in [6.45, 7) is 0. The Hall–Kier alpha value is -3.40. The van der Waals surface area contributed by atoms with Crippen LogP contribution in [-0.4, -0.2) is 11.8 Å². The summed E-state index contributed by atoms with van der Waals surface area (Å²) in [5.74, 6) is -0.438. The highest BCUT2D eigenvalue weighted by atomic mass is 16.2. The van der Waals surface area contributed by atoms with Crippen molar-refractivity contribution >= 4 is 23.2 Å². The maximum Gasteiger partial charge on any atom is 0.255 e. The van der Waals surface area contributed by atoms with Gasteiger partial charge in [-0.3, -0.25) is 9.59 Å². The zero-order chi connectivity index (χ0) is 17.2. The predicted octanol–water partition coefficient (Wildman–Crippen LogP) is 3.90. The molecule has 3 aromatic carbocycles. The second-order valence-corrected chi connectivity index (χ2v) is 5.94. The first kappa shape index (κ1) is 15.1. The Morgan fingerprint density at radius 3 is 2.32 bits per heavy atom. The lowest BCUT2D eigenvalue weighted by Gasteiger charge is -2.08. The fraction of sp³-hybridized carbons (Fsp3) is 0.0476. The van der Waals surface area contributed by atoms with Crippen molar-refractivity contribution in [2.75, 3.05) is 10.6 Å². The van der Waals surface area contributed by atoms with E-state index in [1.165, 1.54) is 11.1 Å². The fourth-order valence-corrected chi connectivity index (χ4v) is 2.64. The molecule has 4 heteroatoms. The van der Waals surface area contributed by atoms with Crippen LogP contribution in [-0.2, 0) is 6.42 Å². The van der Waals surface area contributed by atoms with Crippen molar-refractivity contribution in [1.82, 2.24) is 0 Å². The highest BCUT2D eigenvalue weighted by Gasteiger charge is 2.18. The lowest BCUT2D eigenvalue weighted by Crippen LogP contribution is -2.14. The molecule has 0 saturated carbocycles. The summed E-state index contributed by atoms with van der Waals surface area (Å²) >= 11 is 0. The zero-order valence-corrected chi connectivity index (χ0v) is 13.4. The number of para-hydroxylation sites is 1. The molecule has 4 rings (SSSR count). The monoisotopic (exact) mass is 327 g/mol. The number of benzene rings is 3. The van der Waals surface area contributed by atoms with Crippen LogP contribution in [0.2, 0.25) is 0 Å². The van der Waals surface area contributed by atoms with E-state index in [4.69, 9.17) is 0 Å². The van der Waals surface area contributed by atoms with E-state index in [1.807, 2.05) is 48.5 Å². The van der Waals surface area contributed by atoms with Crippen molar-refractivity contribution in [3.05, 3.63) is 95.1 Å². The molecule has 0 spiro atoms. The van der Waals surface area contributed by atoms with Gasteiger partial charge in [-0.25, -0.2) is 0 Å². The number of hydrogen-bond acceptors (Lipinski definition) is 2. The molecule has 2 N–H and O–H groups in total. The summed E-state index contributed by atoms with van der Waals surface area (Å²) in [6, 6.07) is 22.7. The average molecular weight is 327 g/mol. The Labute approximate surface area is 145 Å². The van der Waals surface area contributed by atoms with Gasteiger partial charge in [0.15, 0.2) is 0 Å². The lowest BCUT2D eigenvalue weighted by molar-refractivity contribution is 0.101. The molecule has 0 aromatic heterocycles. The van der Waals surface area contributed by atoms with Crippen LogP contribution in [0.5, 0.6) is 0 Å². The summed E-state index contributed by atoms with van der Waals surface area (Å²) in [7, 11) is 0. The Morgan fingerprint density at radius 2 is 1.52 bits per heavy atom. The average Bonchev–Trinajstić information content (AvgIpc) is 3.41. The predicted molar refractivity (Wildman–Crippen MR) is 96.9 cm³/mol. The number of carbonyl (C=O) groups excluding carboxylic acids is 2. The topological polar surface area (TPSA) is 58.2 Å². The minimum atomic E-state index is -0.247. The minimum Gasteiger partial charge on any atom is -0.322 e. The van der Waals surface area contributed by atoms with Gasteiger partial charge >= 0.3 is 0 Å². The quantitative estimate of drug-likeness (QED) is 0.597. The van der Waals surface area contributed by atoms with Crippen LogP contribution in [0, 0.1) is 6.07 Å². The summed E-state index contributed by atoms with van der Waals surface area (Å²) in [5.41, 5.74) is 4.82. The smallest absolute Gasteiger partial charge is 0.255 e. The molecular formula is C21H15N2O2. The number of nitrogens with one attached hydrogen (secondary N) is 2. The van der Waals surface area contributed by atoms with Crippen molar-refractivity contribution in [2.24, 2.45) is 0 Å². The standard InChI is InChI=1S/C21H15N2O2/c24-20(22-18-6-2-1-3-7-18)15-5-4-8-19(13-15)23-21(25)16-10-9-14-11-17(14)12-16/h1-3,5-10,12-13H,11H2,(H,22,24)(H,23,25). The molecule has 25 heavy (non-hydrogen) atoms. The van der Waals surface area contributed by atoms with E-state index in [9.17, 15) is 9.59 Å². The third-order valence-corrected chi connectivity index (χ3v) is 4.06. The summed E-state index contributed by atoms with van der Waals surface area (Å²) < 4.78 is 0. The van der Waals surface area contributed by atoms with E-state index in [0.717, 1.165) is 6.42 Å². The van der Waals surface area contributed by atoms with Gasteiger partial charge in [0.05, 0.1) is 0 Å². The molecule has 0 heterocycles. The van der Waals surface area contributed by atoms with Gasteiger partial charge in [0.25, 0.3) is 11.8 Å². The maximum atomic E-state index is 12.3. The van der Waals surface area contributed by atoms with Crippen LogP contribution < -0.4 is 10.6 Å². The first-order valence-electron chi connectivity index (χ1n) is 8.00. The molecular weight excluding hydrogens is 312 g/mol. The zero-order valence-electron chi connectivity index (χ0n) is 13.4. The van der Waals surface area contributed by atoms with Gasteiger partial charge in [0.2, 0.25) is 0 Å². The molecule has 4 nitrogen and oxygen atoms in total. The first-order chi connectivity index (χ1) is 12.2. The molecule has 1 radical (unpaired) electrons. The van der Waals surface area contributed by atoms with Gasteiger partial charge in [0.1, 0.15) is 0 Å². The van der Waals surface area contributed by atoms with Gasteiger partial charge in [-0.2, -0.15) is 0 Å². The number of hydrogen-bond donors (Lipinski definition) is 2. The normalized spacial score (nSPS) is 11.4. The van der Waals surface area contributed by atoms with Gasteiger partial charge < -0.3 is 10.6 Å². The van der Waals surface area contributed by atoms with E-state index in [0.29, 0.717) is 22.5 Å². The highest BCUT2D eigenvalue weighted by Crippen LogP contribution is 2.28. The molecule has 0 fully saturated rings. The number of fused-ring (bicyclic) bond motifs is 1. The van der Waals surface area contributed by atoms with Gasteiger partial charge in [-0.15, -0.1) is 0 Å². The third-order valence-electron chi connectivity index (χ3n) is 4.06. The molecule has 3 aromatic rings.